The van der Waals surface area contributed by atoms with Crippen molar-refractivity contribution in [3.8, 4) is 0 Å². The molecular formula is C10H12AsN. The monoisotopic (exact) mass is 221 g/mol. The Morgan fingerprint density at radius 3 is 3.08 bits per heavy atom. The molecule has 0 saturated carbocycles. The Balaban J connectivity index is 2.37. The quantitative estimate of drug-likeness (QED) is 0.629. The molecule has 0 fully saturated rings. The summed E-state index contributed by atoms with van der Waals surface area (Å²) in [4.78, 5) is 0. The second-order valence-electron chi connectivity index (χ2n) is 3.44. The first-order valence-corrected chi connectivity index (χ1v) is 5.23. The fourth-order valence-electron chi connectivity index (χ4n) is 1.66. The van der Waals surface area contributed by atoms with Crippen molar-refractivity contribution in [1.29, 1.82) is 0 Å². The Morgan fingerprint density at radius 1 is 1.42 bits per heavy atom. The summed E-state index contributed by atoms with van der Waals surface area (Å²) in [6.45, 7) is 3.26. The van der Waals surface area contributed by atoms with E-state index in [0.29, 0.717) is 6.04 Å². The molecule has 1 aliphatic rings. The van der Waals surface area contributed by atoms with Crippen LogP contribution in [0.15, 0.2) is 18.2 Å². The number of nitrogens with one attached hydrogen (secondary N) is 1. The van der Waals surface area contributed by atoms with Crippen molar-refractivity contribution >= 4 is 21.2 Å². The van der Waals surface area contributed by atoms with Crippen molar-refractivity contribution in [2.24, 2.45) is 0 Å². The van der Waals surface area contributed by atoms with E-state index in [1.807, 2.05) is 0 Å². The fourth-order valence-corrected chi connectivity index (χ4v) is 2.15. The molecule has 1 nitrogen and oxygen atoms in total. The van der Waals surface area contributed by atoms with Gasteiger partial charge in [0.2, 0.25) is 0 Å². The van der Waals surface area contributed by atoms with Crippen LogP contribution in [0, 0.1) is 0 Å². The molecule has 2 rings (SSSR count). The predicted molar refractivity (Wildman–Crippen MR) is 51.8 cm³/mol. The van der Waals surface area contributed by atoms with E-state index in [-0.39, 0.29) is 0 Å². The number of hydrogen-bond acceptors (Lipinski definition) is 1. The third-order valence-electron chi connectivity index (χ3n) is 2.36. The predicted octanol–water partition coefficient (Wildman–Crippen LogP) is 0.515. The fraction of sp³-hybridized carbons (Fsp3) is 0.400. The van der Waals surface area contributed by atoms with Gasteiger partial charge in [0, 0.05) is 0 Å². The van der Waals surface area contributed by atoms with E-state index in [0.717, 1.165) is 6.54 Å². The first kappa shape index (κ1) is 8.34. The van der Waals surface area contributed by atoms with Gasteiger partial charge in [0.25, 0.3) is 0 Å². The second-order valence-corrected chi connectivity index (χ2v) is 4.52. The summed E-state index contributed by atoms with van der Waals surface area (Å²) in [5, 5.41) is 3.46. The molecule has 0 aromatic heterocycles. The summed E-state index contributed by atoms with van der Waals surface area (Å²) in [5.74, 6) is 0. The van der Waals surface area contributed by atoms with Crippen LogP contribution in [-0.4, -0.2) is 22.9 Å². The van der Waals surface area contributed by atoms with Gasteiger partial charge in [-0.1, -0.05) is 0 Å². The minimum atomic E-state index is 0.634. The van der Waals surface area contributed by atoms with Crippen molar-refractivity contribution in [2.45, 2.75) is 25.9 Å². The Morgan fingerprint density at radius 2 is 2.25 bits per heavy atom. The van der Waals surface area contributed by atoms with Crippen LogP contribution in [0.4, 0.5) is 0 Å². The number of benzene rings is 1. The molecule has 0 aliphatic carbocycles. The van der Waals surface area contributed by atoms with E-state index in [2.05, 4.69) is 47.3 Å². The molecule has 0 saturated heterocycles. The van der Waals surface area contributed by atoms with E-state index < -0.39 is 0 Å². The summed E-state index contributed by atoms with van der Waals surface area (Å²) >= 11 is 2.59. The molecular weight excluding hydrogens is 209 g/mol. The SMILES string of the molecule is CC1Cc2ccc([As])cc2CN1. The van der Waals surface area contributed by atoms with Crippen molar-refractivity contribution < 1.29 is 0 Å². The third kappa shape index (κ3) is 1.57. The Kier molecular flexibility index (Phi) is 2.25. The van der Waals surface area contributed by atoms with Crippen molar-refractivity contribution in [1.82, 2.24) is 5.32 Å². The summed E-state index contributed by atoms with van der Waals surface area (Å²) in [6.07, 6.45) is 1.17. The van der Waals surface area contributed by atoms with Crippen LogP contribution in [0.2, 0.25) is 0 Å². The first-order chi connectivity index (χ1) is 5.75. The van der Waals surface area contributed by atoms with E-state index in [1.54, 1.807) is 0 Å². The average Bonchev–Trinajstić information content (AvgIpc) is 2.05. The Bertz CT molecular complexity index is 296. The van der Waals surface area contributed by atoms with Crippen LogP contribution in [0.25, 0.3) is 0 Å². The van der Waals surface area contributed by atoms with Gasteiger partial charge in [0.1, 0.15) is 0 Å². The van der Waals surface area contributed by atoms with Crippen LogP contribution < -0.4 is 9.67 Å². The number of hydrogen-bond donors (Lipinski definition) is 1. The Labute approximate surface area is 82.1 Å². The second kappa shape index (κ2) is 3.24. The molecule has 0 amide bonds. The molecule has 62 valence electrons. The van der Waals surface area contributed by atoms with E-state index in [4.69, 9.17) is 0 Å². The topological polar surface area (TPSA) is 12.0 Å². The molecule has 2 heteroatoms. The van der Waals surface area contributed by atoms with Crippen molar-refractivity contribution in [2.75, 3.05) is 0 Å². The van der Waals surface area contributed by atoms with Gasteiger partial charge >= 0.3 is 81.8 Å². The third-order valence-corrected chi connectivity index (χ3v) is 2.94. The zero-order chi connectivity index (χ0) is 8.55. The minimum absolute atomic E-state index is 0.634. The van der Waals surface area contributed by atoms with Crippen LogP contribution >= 0.6 is 0 Å². The van der Waals surface area contributed by atoms with Crippen LogP contribution in [0.3, 0.4) is 0 Å². The van der Waals surface area contributed by atoms with Crippen LogP contribution in [0.1, 0.15) is 18.1 Å². The van der Waals surface area contributed by atoms with E-state index >= 15 is 0 Å². The molecule has 1 atom stereocenters. The van der Waals surface area contributed by atoms with E-state index in [9.17, 15) is 0 Å². The van der Waals surface area contributed by atoms with Gasteiger partial charge in [-0.05, 0) is 0 Å². The van der Waals surface area contributed by atoms with Crippen molar-refractivity contribution in [3.63, 3.8) is 0 Å². The summed E-state index contributed by atoms with van der Waals surface area (Å²) in [6, 6.07) is 7.32. The Hall–Kier alpha value is -0.262. The van der Waals surface area contributed by atoms with Gasteiger partial charge in [-0.25, -0.2) is 0 Å². The molecule has 1 aromatic rings. The molecule has 0 bridgehead atoms. The van der Waals surface area contributed by atoms with Crippen molar-refractivity contribution in [3.05, 3.63) is 29.3 Å². The molecule has 1 aliphatic heterocycles. The summed E-state index contributed by atoms with van der Waals surface area (Å²) in [5.41, 5.74) is 2.97. The standard InChI is InChI=1S/C10H12AsN/c1-7-4-8-2-3-10(11)5-9(8)6-12-7/h2-3,5,7,12H,4,6H2,1H3. The van der Waals surface area contributed by atoms with Gasteiger partial charge in [-0.15, -0.1) is 0 Å². The molecule has 1 unspecified atom stereocenters. The van der Waals surface area contributed by atoms with Gasteiger partial charge in [0.05, 0.1) is 0 Å². The molecule has 0 spiro atoms. The summed E-state index contributed by atoms with van der Waals surface area (Å²) in [7, 11) is 0. The zero-order valence-corrected chi connectivity index (χ0v) is 9.05. The molecule has 1 N–H and O–H groups in total. The van der Waals surface area contributed by atoms with E-state index in [1.165, 1.54) is 21.9 Å². The summed E-state index contributed by atoms with van der Waals surface area (Å²) < 4.78 is 1.30. The maximum absolute atomic E-state index is 3.46. The normalized spacial score (nSPS) is 22.0. The molecule has 1 heterocycles. The average molecular weight is 221 g/mol. The zero-order valence-electron chi connectivity index (χ0n) is 7.17. The molecule has 1 aromatic carbocycles. The van der Waals surface area contributed by atoms with Gasteiger partial charge in [-0.3, -0.25) is 0 Å². The maximum atomic E-state index is 3.46. The van der Waals surface area contributed by atoms with Crippen LogP contribution in [-0.2, 0) is 13.0 Å². The van der Waals surface area contributed by atoms with Crippen LogP contribution in [0.5, 0.6) is 0 Å². The number of fused-ring (bicyclic) bond motifs is 1. The number of rotatable bonds is 0. The van der Waals surface area contributed by atoms with Gasteiger partial charge in [-0.2, -0.15) is 0 Å². The van der Waals surface area contributed by atoms with Gasteiger partial charge in [0.15, 0.2) is 0 Å². The van der Waals surface area contributed by atoms with Gasteiger partial charge < -0.3 is 0 Å². The molecule has 2 radical (unpaired) electrons. The first-order valence-electron chi connectivity index (χ1n) is 4.30. The molecule has 12 heavy (non-hydrogen) atoms.